The van der Waals surface area contributed by atoms with Crippen LogP contribution in [0.2, 0.25) is 5.02 Å². The molecule has 0 unspecified atom stereocenters. The van der Waals surface area contributed by atoms with E-state index in [4.69, 9.17) is 11.6 Å². The van der Waals surface area contributed by atoms with Crippen molar-refractivity contribution in [1.82, 2.24) is 4.98 Å². The molecule has 0 aliphatic heterocycles. The second-order valence-electron chi connectivity index (χ2n) is 4.28. The SMILES string of the molecule is Cc1cc(C(=O)Nc2cccc(Cl)c2C)cc(=O)[nH]1. The number of carbonyl (C=O) groups excluding carboxylic acids is 1. The van der Waals surface area contributed by atoms with Crippen molar-refractivity contribution in [2.75, 3.05) is 5.32 Å². The van der Waals surface area contributed by atoms with Crippen molar-refractivity contribution < 1.29 is 4.79 Å². The Morgan fingerprint density at radius 1 is 1.26 bits per heavy atom. The number of aryl methyl sites for hydroxylation is 1. The minimum Gasteiger partial charge on any atom is -0.326 e. The monoisotopic (exact) mass is 276 g/mol. The smallest absolute Gasteiger partial charge is 0.255 e. The summed E-state index contributed by atoms with van der Waals surface area (Å²) >= 11 is 5.99. The quantitative estimate of drug-likeness (QED) is 0.886. The van der Waals surface area contributed by atoms with Crippen LogP contribution in [0.5, 0.6) is 0 Å². The normalized spacial score (nSPS) is 10.3. The maximum Gasteiger partial charge on any atom is 0.255 e. The summed E-state index contributed by atoms with van der Waals surface area (Å²) in [5.41, 5.74) is 2.09. The first-order chi connectivity index (χ1) is 8.97. The number of carbonyl (C=O) groups is 1. The molecule has 0 aliphatic rings. The highest BCUT2D eigenvalue weighted by Crippen LogP contribution is 2.23. The molecule has 2 rings (SSSR count). The number of hydrogen-bond acceptors (Lipinski definition) is 2. The highest BCUT2D eigenvalue weighted by atomic mass is 35.5. The van der Waals surface area contributed by atoms with Gasteiger partial charge >= 0.3 is 0 Å². The van der Waals surface area contributed by atoms with Gasteiger partial charge in [0.1, 0.15) is 0 Å². The van der Waals surface area contributed by atoms with Crippen LogP contribution >= 0.6 is 11.6 Å². The number of anilines is 1. The Kier molecular flexibility index (Phi) is 3.71. The van der Waals surface area contributed by atoms with Gasteiger partial charge in [0.25, 0.3) is 5.91 Å². The van der Waals surface area contributed by atoms with E-state index in [-0.39, 0.29) is 11.5 Å². The van der Waals surface area contributed by atoms with Crippen LogP contribution in [0, 0.1) is 13.8 Å². The molecule has 4 nitrogen and oxygen atoms in total. The lowest BCUT2D eigenvalue weighted by Gasteiger charge is -2.09. The van der Waals surface area contributed by atoms with Crippen LogP contribution in [-0.4, -0.2) is 10.9 Å². The number of hydrogen-bond donors (Lipinski definition) is 2. The van der Waals surface area contributed by atoms with Gasteiger partial charge in [0, 0.05) is 28.0 Å². The first-order valence-electron chi connectivity index (χ1n) is 5.75. The Bertz CT molecular complexity index is 692. The molecule has 0 fully saturated rings. The lowest BCUT2D eigenvalue weighted by molar-refractivity contribution is 0.102. The first kappa shape index (κ1) is 13.4. The molecule has 2 aromatic rings. The lowest BCUT2D eigenvalue weighted by atomic mass is 10.1. The maximum atomic E-state index is 12.1. The molecular formula is C14H13ClN2O2. The van der Waals surface area contributed by atoms with Gasteiger partial charge in [0.2, 0.25) is 5.56 Å². The predicted molar refractivity (Wildman–Crippen MR) is 75.9 cm³/mol. The maximum absolute atomic E-state index is 12.1. The second kappa shape index (κ2) is 5.28. The third kappa shape index (κ3) is 3.03. The molecule has 1 aromatic heterocycles. The molecule has 98 valence electrons. The van der Waals surface area contributed by atoms with E-state index in [1.165, 1.54) is 6.07 Å². The van der Waals surface area contributed by atoms with Crippen molar-refractivity contribution >= 4 is 23.2 Å². The van der Waals surface area contributed by atoms with Crippen molar-refractivity contribution in [2.45, 2.75) is 13.8 Å². The van der Waals surface area contributed by atoms with Gasteiger partial charge in [-0.2, -0.15) is 0 Å². The highest BCUT2D eigenvalue weighted by Gasteiger charge is 2.10. The number of pyridine rings is 1. The Morgan fingerprint density at radius 3 is 2.68 bits per heavy atom. The molecule has 0 radical (unpaired) electrons. The number of benzene rings is 1. The number of nitrogens with one attached hydrogen (secondary N) is 2. The molecular weight excluding hydrogens is 264 g/mol. The fraction of sp³-hybridized carbons (Fsp3) is 0.143. The van der Waals surface area contributed by atoms with E-state index in [0.29, 0.717) is 22.0 Å². The van der Waals surface area contributed by atoms with Crippen LogP contribution in [-0.2, 0) is 0 Å². The van der Waals surface area contributed by atoms with E-state index in [0.717, 1.165) is 5.56 Å². The summed E-state index contributed by atoms with van der Waals surface area (Å²) < 4.78 is 0. The summed E-state index contributed by atoms with van der Waals surface area (Å²) in [6.45, 7) is 3.55. The Balaban J connectivity index is 2.31. The van der Waals surface area contributed by atoms with Gasteiger partial charge in [-0.3, -0.25) is 9.59 Å². The standard InChI is InChI=1S/C14H13ClN2O2/c1-8-6-10(7-13(18)16-8)14(19)17-12-5-3-4-11(15)9(12)2/h3-7H,1-2H3,(H,16,18)(H,17,19). The number of H-pyrrole nitrogens is 1. The van der Waals surface area contributed by atoms with Crippen molar-refractivity contribution in [2.24, 2.45) is 0 Å². The van der Waals surface area contributed by atoms with Crippen molar-refractivity contribution in [3.8, 4) is 0 Å². The van der Waals surface area contributed by atoms with E-state index in [1.807, 2.05) is 6.92 Å². The molecule has 19 heavy (non-hydrogen) atoms. The molecule has 0 bridgehead atoms. The summed E-state index contributed by atoms with van der Waals surface area (Å²) in [6.07, 6.45) is 0. The van der Waals surface area contributed by atoms with Gasteiger partial charge in [-0.25, -0.2) is 0 Å². The van der Waals surface area contributed by atoms with Crippen LogP contribution in [0.1, 0.15) is 21.6 Å². The molecule has 0 aliphatic carbocycles. The average molecular weight is 277 g/mol. The minimum absolute atomic E-state index is 0.298. The number of amides is 1. The zero-order valence-electron chi connectivity index (χ0n) is 10.6. The molecule has 1 aromatic carbocycles. The van der Waals surface area contributed by atoms with Gasteiger partial charge in [-0.05, 0) is 37.6 Å². The van der Waals surface area contributed by atoms with Gasteiger partial charge in [0.05, 0.1) is 0 Å². The summed E-state index contributed by atoms with van der Waals surface area (Å²) in [7, 11) is 0. The van der Waals surface area contributed by atoms with Crippen LogP contribution in [0.4, 0.5) is 5.69 Å². The molecule has 0 saturated heterocycles. The minimum atomic E-state index is -0.334. The number of aromatic nitrogens is 1. The zero-order chi connectivity index (χ0) is 14.0. The van der Waals surface area contributed by atoms with Crippen molar-refractivity contribution in [3.63, 3.8) is 0 Å². The highest BCUT2D eigenvalue weighted by molar-refractivity contribution is 6.31. The van der Waals surface area contributed by atoms with Crippen LogP contribution in [0.15, 0.2) is 35.1 Å². The summed E-state index contributed by atoms with van der Waals surface area (Å²) in [6, 6.07) is 8.16. The van der Waals surface area contributed by atoms with Gasteiger partial charge in [-0.15, -0.1) is 0 Å². The largest absolute Gasteiger partial charge is 0.326 e. The topological polar surface area (TPSA) is 62.0 Å². The molecule has 0 saturated carbocycles. The molecule has 1 heterocycles. The third-order valence-corrected chi connectivity index (χ3v) is 3.17. The molecule has 0 atom stereocenters. The summed E-state index contributed by atoms with van der Waals surface area (Å²) in [4.78, 5) is 26.0. The molecule has 2 N–H and O–H groups in total. The number of aromatic amines is 1. The number of halogens is 1. The molecule has 0 spiro atoms. The zero-order valence-corrected chi connectivity index (χ0v) is 11.3. The van der Waals surface area contributed by atoms with E-state index >= 15 is 0 Å². The van der Waals surface area contributed by atoms with Gasteiger partial charge < -0.3 is 10.3 Å². The molecule has 5 heteroatoms. The van der Waals surface area contributed by atoms with Gasteiger partial charge in [-0.1, -0.05) is 17.7 Å². The average Bonchev–Trinajstić information content (AvgIpc) is 2.33. The fourth-order valence-corrected chi connectivity index (χ4v) is 1.93. The first-order valence-corrected chi connectivity index (χ1v) is 6.12. The lowest BCUT2D eigenvalue weighted by Crippen LogP contribution is -2.17. The van der Waals surface area contributed by atoms with Crippen molar-refractivity contribution in [1.29, 1.82) is 0 Å². The van der Waals surface area contributed by atoms with E-state index < -0.39 is 0 Å². The second-order valence-corrected chi connectivity index (χ2v) is 4.69. The van der Waals surface area contributed by atoms with E-state index in [2.05, 4.69) is 10.3 Å². The van der Waals surface area contributed by atoms with E-state index in [1.54, 1.807) is 31.2 Å². The third-order valence-electron chi connectivity index (χ3n) is 2.76. The van der Waals surface area contributed by atoms with Crippen LogP contribution in [0.3, 0.4) is 0 Å². The predicted octanol–water partition coefficient (Wildman–Crippen LogP) is 2.90. The number of rotatable bonds is 2. The fourth-order valence-electron chi connectivity index (χ4n) is 1.75. The van der Waals surface area contributed by atoms with Crippen molar-refractivity contribution in [3.05, 3.63) is 62.5 Å². The van der Waals surface area contributed by atoms with Crippen LogP contribution < -0.4 is 10.9 Å². The summed E-state index contributed by atoms with van der Waals surface area (Å²) in [5, 5.41) is 3.33. The Morgan fingerprint density at radius 2 is 2.00 bits per heavy atom. The van der Waals surface area contributed by atoms with Gasteiger partial charge in [0.15, 0.2) is 0 Å². The Hall–Kier alpha value is -2.07. The molecule has 1 amide bonds. The van der Waals surface area contributed by atoms with Crippen LogP contribution in [0.25, 0.3) is 0 Å². The Labute approximate surface area is 115 Å². The van der Waals surface area contributed by atoms with E-state index in [9.17, 15) is 9.59 Å². The summed E-state index contributed by atoms with van der Waals surface area (Å²) in [5.74, 6) is -0.334.